The second-order valence-electron chi connectivity index (χ2n) is 7.42. The van der Waals surface area contributed by atoms with Crippen molar-refractivity contribution in [1.82, 2.24) is 14.4 Å². The van der Waals surface area contributed by atoms with E-state index in [2.05, 4.69) is 0 Å². The first-order valence-electron chi connectivity index (χ1n) is 9.93. The van der Waals surface area contributed by atoms with E-state index in [1.54, 1.807) is 19.2 Å². The summed E-state index contributed by atoms with van der Waals surface area (Å²) in [6, 6.07) is 10.0. The van der Waals surface area contributed by atoms with Crippen LogP contribution in [0.2, 0.25) is 0 Å². The highest BCUT2D eigenvalue weighted by Crippen LogP contribution is 2.28. The van der Waals surface area contributed by atoms with Gasteiger partial charge in [-0.2, -0.15) is 0 Å². The number of ether oxygens (including phenoxy) is 1. The molecule has 0 spiro atoms. The smallest absolute Gasteiger partial charge is 0.257 e. The number of rotatable bonds is 10. The van der Waals surface area contributed by atoms with E-state index >= 15 is 0 Å². The number of amides is 2. The van der Waals surface area contributed by atoms with Gasteiger partial charge in [0.05, 0.1) is 12.1 Å². The number of hydrogen-bond donors (Lipinski definition) is 0. The van der Waals surface area contributed by atoms with Crippen LogP contribution in [0.1, 0.15) is 35.3 Å². The van der Waals surface area contributed by atoms with Crippen LogP contribution in [0.25, 0.3) is 0 Å². The highest BCUT2D eigenvalue weighted by molar-refractivity contribution is 5.96. The van der Waals surface area contributed by atoms with Gasteiger partial charge in [-0.05, 0) is 43.5 Å². The minimum atomic E-state index is -0.579. The van der Waals surface area contributed by atoms with Crippen molar-refractivity contribution < 1.29 is 18.7 Å². The summed E-state index contributed by atoms with van der Waals surface area (Å²) in [5.74, 6) is -1.16. The Hall–Kier alpha value is -2.67. The molecule has 1 heterocycles. The first-order valence-corrected chi connectivity index (χ1v) is 9.93. The largest absolute Gasteiger partial charge is 0.385 e. The molecule has 156 valence electrons. The second-order valence-corrected chi connectivity index (χ2v) is 7.42. The standard InChI is InChI=1S/C22H28FN3O3/c1-24-12-5-7-18(24)15-26(17-10-11-17)21(27)16-25(13-6-14-29-2)22(28)19-8-3-4-9-20(19)23/h3-5,7-9,12,17H,6,10-11,13-16H2,1-2H3. The Balaban J connectivity index is 1.74. The van der Waals surface area contributed by atoms with Gasteiger partial charge in [0.2, 0.25) is 5.91 Å². The number of aryl methyl sites for hydroxylation is 1. The molecule has 3 rings (SSSR count). The lowest BCUT2D eigenvalue weighted by atomic mass is 10.1. The van der Waals surface area contributed by atoms with Crippen molar-refractivity contribution in [2.24, 2.45) is 7.05 Å². The summed E-state index contributed by atoms with van der Waals surface area (Å²) < 4.78 is 21.2. The predicted molar refractivity (Wildman–Crippen MR) is 108 cm³/mol. The fourth-order valence-electron chi connectivity index (χ4n) is 3.35. The van der Waals surface area contributed by atoms with Crippen LogP contribution in [0.4, 0.5) is 4.39 Å². The highest BCUT2D eigenvalue weighted by atomic mass is 19.1. The average molecular weight is 401 g/mol. The lowest BCUT2D eigenvalue weighted by Crippen LogP contribution is -2.44. The Bertz CT molecular complexity index is 847. The van der Waals surface area contributed by atoms with Gasteiger partial charge < -0.3 is 19.1 Å². The van der Waals surface area contributed by atoms with Gasteiger partial charge >= 0.3 is 0 Å². The Labute approximate surface area is 170 Å². The molecule has 1 aromatic carbocycles. The van der Waals surface area contributed by atoms with E-state index in [9.17, 15) is 14.0 Å². The lowest BCUT2D eigenvalue weighted by Gasteiger charge is -2.28. The van der Waals surface area contributed by atoms with Crippen molar-refractivity contribution in [2.45, 2.75) is 31.8 Å². The van der Waals surface area contributed by atoms with Crippen LogP contribution in [-0.4, -0.2) is 59.0 Å². The third-order valence-electron chi connectivity index (χ3n) is 5.19. The molecule has 29 heavy (non-hydrogen) atoms. The average Bonchev–Trinajstić information content (AvgIpc) is 3.47. The van der Waals surface area contributed by atoms with Gasteiger partial charge in [-0.1, -0.05) is 12.1 Å². The van der Waals surface area contributed by atoms with Crippen LogP contribution >= 0.6 is 0 Å². The Kier molecular flexibility index (Phi) is 7.04. The van der Waals surface area contributed by atoms with Crippen LogP contribution in [-0.2, 0) is 23.1 Å². The van der Waals surface area contributed by atoms with Crippen molar-refractivity contribution in [3.8, 4) is 0 Å². The Morgan fingerprint density at radius 1 is 1.21 bits per heavy atom. The minimum Gasteiger partial charge on any atom is -0.385 e. The molecule has 0 unspecified atom stereocenters. The number of methoxy groups -OCH3 is 1. The van der Waals surface area contributed by atoms with E-state index in [1.807, 2.05) is 34.8 Å². The normalized spacial score (nSPS) is 13.3. The topological polar surface area (TPSA) is 54.8 Å². The number of hydrogen-bond acceptors (Lipinski definition) is 3. The molecule has 0 atom stereocenters. The SMILES string of the molecule is COCCCN(CC(=O)N(Cc1cccn1C)C1CC1)C(=O)c1ccccc1F. The van der Waals surface area contributed by atoms with Crippen molar-refractivity contribution in [3.63, 3.8) is 0 Å². The highest BCUT2D eigenvalue weighted by Gasteiger charge is 2.34. The summed E-state index contributed by atoms with van der Waals surface area (Å²) in [5.41, 5.74) is 1.02. The molecule has 0 saturated heterocycles. The summed E-state index contributed by atoms with van der Waals surface area (Å²) in [6.07, 6.45) is 4.47. The first kappa shape index (κ1) is 21.0. The van der Waals surface area contributed by atoms with E-state index in [1.165, 1.54) is 17.0 Å². The molecule has 1 saturated carbocycles. The third-order valence-corrected chi connectivity index (χ3v) is 5.19. The molecule has 6 nitrogen and oxygen atoms in total. The summed E-state index contributed by atoms with van der Waals surface area (Å²) in [5, 5.41) is 0. The molecule has 1 aromatic heterocycles. The zero-order valence-electron chi connectivity index (χ0n) is 17.0. The van der Waals surface area contributed by atoms with E-state index < -0.39 is 11.7 Å². The van der Waals surface area contributed by atoms with Crippen molar-refractivity contribution in [1.29, 1.82) is 0 Å². The molecule has 0 aliphatic heterocycles. The van der Waals surface area contributed by atoms with Crippen LogP contribution in [0.5, 0.6) is 0 Å². The third kappa shape index (κ3) is 5.44. The maximum atomic E-state index is 14.1. The molecule has 1 aliphatic rings. The number of aromatic nitrogens is 1. The van der Waals surface area contributed by atoms with E-state index in [0.29, 0.717) is 26.1 Å². The van der Waals surface area contributed by atoms with Gasteiger partial charge in [0.25, 0.3) is 5.91 Å². The molecular formula is C22H28FN3O3. The van der Waals surface area contributed by atoms with E-state index in [4.69, 9.17) is 4.74 Å². The number of carbonyl (C=O) groups is 2. The monoisotopic (exact) mass is 401 g/mol. The zero-order valence-corrected chi connectivity index (χ0v) is 17.0. The molecule has 0 bridgehead atoms. The van der Waals surface area contributed by atoms with Crippen LogP contribution in [0.15, 0.2) is 42.6 Å². The predicted octanol–water partition coefficient (Wildman–Crippen LogP) is 2.83. The molecule has 0 radical (unpaired) electrons. The van der Waals surface area contributed by atoms with Crippen molar-refractivity contribution in [3.05, 3.63) is 59.7 Å². The summed E-state index contributed by atoms with van der Waals surface area (Å²) in [4.78, 5) is 29.3. The van der Waals surface area contributed by atoms with Crippen LogP contribution < -0.4 is 0 Å². The Morgan fingerprint density at radius 3 is 2.59 bits per heavy atom. The van der Waals surface area contributed by atoms with E-state index in [0.717, 1.165) is 18.5 Å². The van der Waals surface area contributed by atoms with Crippen LogP contribution in [0.3, 0.4) is 0 Å². The Morgan fingerprint density at radius 2 is 1.97 bits per heavy atom. The van der Waals surface area contributed by atoms with Crippen molar-refractivity contribution >= 4 is 11.8 Å². The van der Waals surface area contributed by atoms with Gasteiger partial charge in [0.1, 0.15) is 12.4 Å². The zero-order chi connectivity index (χ0) is 20.8. The maximum Gasteiger partial charge on any atom is 0.257 e. The maximum absolute atomic E-state index is 14.1. The van der Waals surface area contributed by atoms with E-state index in [-0.39, 0.29) is 24.1 Å². The number of benzene rings is 1. The summed E-state index contributed by atoms with van der Waals surface area (Å²) in [6.45, 7) is 1.23. The number of halogens is 1. The van der Waals surface area contributed by atoms with Gasteiger partial charge in [0.15, 0.2) is 0 Å². The van der Waals surface area contributed by atoms with Gasteiger partial charge in [0, 0.05) is 45.2 Å². The molecular weight excluding hydrogens is 373 g/mol. The lowest BCUT2D eigenvalue weighted by molar-refractivity contribution is -0.133. The summed E-state index contributed by atoms with van der Waals surface area (Å²) in [7, 11) is 3.53. The quantitative estimate of drug-likeness (QED) is 0.576. The first-order chi connectivity index (χ1) is 14.0. The fraction of sp³-hybridized carbons (Fsp3) is 0.455. The second kappa shape index (κ2) is 9.69. The van der Waals surface area contributed by atoms with Gasteiger partial charge in [-0.3, -0.25) is 9.59 Å². The number of carbonyl (C=O) groups excluding carboxylic acids is 2. The molecule has 2 amide bonds. The van der Waals surface area contributed by atoms with Gasteiger partial charge in [-0.15, -0.1) is 0 Å². The summed E-state index contributed by atoms with van der Waals surface area (Å²) >= 11 is 0. The fourth-order valence-corrected chi connectivity index (χ4v) is 3.35. The molecule has 1 aliphatic carbocycles. The van der Waals surface area contributed by atoms with Crippen LogP contribution in [0, 0.1) is 5.82 Å². The molecule has 7 heteroatoms. The van der Waals surface area contributed by atoms with Crippen molar-refractivity contribution in [2.75, 3.05) is 26.8 Å². The molecule has 0 N–H and O–H groups in total. The molecule has 2 aromatic rings. The van der Waals surface area contributed by atoms with Gasteiger partial charge in [-0.25, -0.2) is 4.39 Å². The number of nitrogens with zero attached hydrogens (tertiary/aromatic N) is 3. The minimum absolute atomic E-state index is 0.0156. The molecule has 1 fully saturated rings.